The van der Waals surface area contributed by atoms with Gasteiger partial charge in [-0.3, -0.25) is 4.79 Å². The van der Waals surface area contributed by atoms with Gasteiger partial charge in [-0.05, 0) is 36.8 Å². The number of aromatic nitrogens is 1. The van der Waals surface area contributed by atoms with Crippen LogP contribution in [-0.2, 0) is 4.79 Å². The maximum absolute atomic E-state index is 13.2. The Balaban J connectivity index is 1.46. The maximum atomic E-state index is 13.2. The van der Waals surface area contributed by atoms with E-state index in [2.05, 4.69) is 10.5 Å². The van der Waals surface area contributed by atoms with Crippen molar-refractivity contribution in [3.05, 3.63) is 36.1 Å². The molecule has 2 aliphatic carbocycles. The van der Waals surface area contributed by atoms with E-state index in [9.17, 15) is 9.18 Å². The van der Waals surface area contributed by atoms with Gasteiger partial charge in [0.1, 0.15) is 5.82 Å². The highest BCUT2D eigenvalue weighted by atomic mass is 19.1. The average Bonchev–Trinajstić information content (AvgIpc) is 2.83. The van der Waals surface area contributed by atoms with Gasteiger partial charge in [-0.2, -0.15) is 0 Å². The summed E-state index contributed by atoms with van der Waals surface area (Å²) in [5.74, 6) is 1.82. The number of benzene rings is 1. The molecule has 2 saturated carbocycles. The summed E-state index contributed by atoms with van der Waals surface area (Å²) in [7, 11) is 0. The van der Waals surface area contributed by atoms with E-state index in [0.717, 1.165) is 12.8 Å². The van der Waals surface area contributed by atoms with Gasteiger partial charge in [0.05, 0.1) is 0 Å². The van der Waals surface area contributed by atoms with E-state index in [4.69, 9.17) is 4.52 Å². The van der Waals surface area contributed by atoms with Gasteiger partial charge in [-0.25, -0.2) is 4.39 Å². The molecule has 0 spiro atoms. The van der Waals surface area contributed by atoms with Crippen LogP contribution in [0.1, 0.15) is 19.3 Å². The van der Waals surface area contributed by atoms with Gasteiger partial charge in [0.15, 0.2) is 11.6 Å². The number of nitrogens with one attached hydrogen (secondary N) is 1. The number of fused-ring (bicyclic) bond motifs is 1. The summed E-state index contributed by atoms with van der Waals surface area (Å²) < 4.78 is 18.4. The van der Waals surface area contributed by atoms with Gasteiger partial charge in [0.25, 0.3) is 0 Å². The molecule has 1 aromatic heterocycles. The summed E-state index contributed by atoms with van der Waals surface area (Å²) in [6, 6.07) is 7.72. The van der Waals surface area contributed by atoms with Crippen LogP contribution in [0.2, 0.25) is 0 Å². The Morgan fingerprint density at radius 3 is 2.86 bits per heavy atom. The Kier molecular flexibility index (Phi) is 2.80. The molecule has 4 rings (SSSR count). The Bertz CT molecular complexity index is 687. The molecule has 21 heavy (non-hydrogen) atoms. The summed E-state index contributed by atoms with van der Waals surface area (Å²) >= 11 is 0. The molecule has 4 nitrogen and oxygen atoms in total. The largest absolute Gasteiger partial charge is 0.354 e. The van der Waals surface area contributed by atoms with Crippen molar-refractivity contribution < 1.29 is 13.7 Å². The zero-order valence-corrected chi connectivity index (χ0v) is 11.4. The van der Waals surface area contributed by atoms with Crippen molar-refractivity contribution in [3.63, 3.8) is 0 Å². The lowest BCUT2D eigenvalue weighted by molar-refractivity contribution is -0.118. The molecule has 1 unspecified atom stereocenters. The number of halogens is 1. The Morgan fingerprint density at radius 1 is 1.29 bits per heavy atom. The third-order valence-electron chi connectivity index (χ3n) is 4.58. The number of amides is 1. The topological polar surface area (TPSA) is 55.1 Å². The summed E-state index contributed by atoms with van der Waals surface area (Å²) in [6.45, 7) is 0. The van der Waals surface area contributed by atoms with E-state index in [1.165, 1.54) is 18.6 Å². The predicted molar refractivity (Wildman–Crippen MR) is 74.8 cm³/mol. The fraction of sp³-hybridized carbons (Fsp3) is 0.375. The first-order valence-electron chi connectivity index (χ1n) is 7.26. The van der Waals surface area contributed by atoms with Crippen LogP contribution in [0.15, 0.2) is 34.9 Å². The van der Waals surface area contributed by atoms with Crippen molar-refractivity contribution in [3.8, 4) is 11.3 Å². The fourth-order valence-corrected chi connectivity index (χ4v) is 3.53. The fourth-order valence-electron chi connectivity index (χ4n) is 3.53. The molecule has 1 amide bonds. The molecule has 1 aromatic carbocycles. The minimum atomic E-state index is -0.333. The quantitative estimate of drug-likeness (QED) is 0.940. The van der Waals surface area contributed by atoms with Crippen LogP contribution in [-0.4, -0.2) is 11.1 Å². The van der Waals surface area contributed by atoms with Crippen LogP contribution in [0.4, 0.5) is 10.2 Å². The molecule has 2 aliphatic rings. The first-order valence-corrected chi connectivity index (χ1v) is 7.26. The molecular weight excluding hydrogens is 271 g/mol. The second-order valence-electron chi connectivity index (χ2n) is 5.86. The number of anilines is 1. The Hall–Kier alpha value is -2.17. The molecule has 2 fully saturated rings. The minimum Gasteiger partial charge on any atom is -0.354 e. The third kappa shape index (κ3) is 2.22. The van der Waals surface area contributed by atoms with Crippen LogP contribution >= 0.6 is 0 Å². The van der Waals surface area contributed by atoms with E-state index < -0.39 is 0 Å². The first kappa shape index (κ1) is 12.6. The molecule has 0 radical (unpaired) electrons. The van der Waals surface area contributed by atoms with Gasteiger partial charge >= 0.3 is 0 Å². The zero-order valence-electron chi connectivity index (χ0n) is 11.4. The highest BCUT2D eigenvalue weighted by Crippen LogP contribution is 2.57. The number of carbonyl (C=O) groups excluding carboxylic acids is 1. The lowest BCUT2D eigenvalue weighted by Gasteiger charge is -2.02. The lowest BCUT2D eigenvalue weighted by atomic mass is 10.1. The molecule has 0 saturated heterocycles. The van der Waals surface area contributed by atoms with Gasteiger partial charge < -0.3 is 9.84 Å². The van der Waals surface area contributed by atoms with Crippen LogP contribution in [0.3, 0.4) is 0 Å². The maximum Gasteiger partial charge on any atom is 0.229 e. The van der Waals surface area contributed by atoms with E-state index in [1.54, 1.807) is 18.2 Å². The molecule has 0 aliphatic heterocycles. The molecular formula is C16H15FN2O2. The molecule has 1 N–H and O–H groups in total. The number of carbonyl (C=O) groups is 1. The van der Waals surface area contributed by atoms with E-state index in [-0.39, 0.29) is 17.6 Å². The van der Waals surface area contributed by atoms with E-state index in [0.29, 0.717) is 29.0 Å². The third-order valence-corrected chi connectivity index (χ3v) is 4.58. The minimum absolute atomic E-state index is 0.0313. The number of hydrogen-bond donors (Lipinski definition) is 1. The van der Waals surface area contributed by atoms with E-state index >= 15 is 0 Å². The molecule has 3 atom stereocenters. The number of hydrogen-bond acceptors (Lipinski definition) is 3. The molecule has 108 valence electrons. The van der Waals surface area contributed by atoms with Gasteiger partial charge in [0, 0.05) is 17.5 Å². The van der Waals surface area contributed by atoms with Gasteiger partial charge in [-0.15, -0.1) is 0 Å². The molecule has 2 aromatic rings. The van der Waals surface area contributed by atoms with E-state index in [1.807, 2.05) is 0 Å². The number of rotatable bonds is 3. The second-order valence-corrected chi connectivity index (χ2v) is 5.86. The Labute approximate surface area is 121 Å². The van der Waals surface area contributed by atoms with Crippen molar-refractivity contribution in [2.24, 2.45) is 17.8 Å². The van der Waals surface area contributed by atoms with Crippen molar-refractivity contribution in [2.75, 3.05) is 5.32 Å². The molecule has 1 heterocycles. The standard InChI is InChI=1S/C16H15FN2O2/c17-10-4-1-3-9(7-10)13-8-14(19-21-13)18-16(20)15-11-5-2-6-12(11)15/h1,3-4,7-8,11-12,15H,2,5-6H2,(H,18,19,20)/t11-,12+,15?. The van der Waals surface area contributed by atoms with Gasteiger partial charge in [-0.1, -0.05) is 23.7 Å². The van der Waals surface area contributed by atoms with Crippen LogP contribution in [0.25, 0.3) is 11.3 Å². The molecule has 5 heteroatoms. The average molecular weight is 286 g/mol. The summed E-state index contributed by atoms with van der Waals surface area (Å²) in [5, 5.41) is 6.64. The van der Waals surface area contributed by atoms with Crippen LogP contribution in [0.5, 0.6) is 0 Å². The number of nitrogens with zero attached hydrogens (tertiary/aromatic N) is 1. The van der Waals surface area contributed by atoms with Crippen LogP contribution < -0.4 is 5.32 Å². The summed E-state index contributed by atoms with van der Waals surface area (Å²) in [6.07, 6.45) is 3.57. The summed E-state index contributed by atoms with van der Waals surface area (Å²) in [5.41, 5.74) is 0.603. The lowest BCUT2D eigenvalue weighted by Crippen LogP contribution is -2.16. The molecule has 0 bridgehead atoms. The summed E-state index contributed by atoms with van der Waals surface area (Å²) in [4.78, 5) is 12.1. The van der Waals surface area contributed by atoms with Gasteiger partial charge in [0.2, 0.25) is 5.91 Å². The van der Waals surface area contributed by atoms with Crippen molar-refractivity contribution >= 4 is 11.7 Å². The van der Waals surface area contributed by atoms with Crippen molar-refractivity contribution in [1.29, 1.82) is 0 Å². The smallest absolute Gasteiger partial charge is 0.229 e. The van der Waals surface area contributed by atoms with Crippen molar-refractivity contribution in [1.82, 2.24) is 5.16 Å². The second kappa shape index (κ2) is 4.69. The van der Waals surface area contributed by atoms with Crippen molar-refractivity contribution in [2.45, 2.75) is 19.3 Å². The van der Waals surface area contributed by atoms with Crippen LogP contribution in [0, 0.1) is 23.6 Å². The highest BCUT2D eigenvalue weighted by Gasteiger charge is 2.56. The zero-order chi connectivity index (χ0) is 14.4. The predicted octanol–water partition coefficient (Wildman–Crippen LogP) is 3.47. The highest BCUT2D eigenvalue weighted by molar-refractivity contribution is 5.94. The monoisotopic (exact) mass is 286 g/mol. The Morgan fingerprint density at radius 2 is 2.10 bits per heavy atom. The SMILES string of the molecule is O=C(Nc1cc(-c2cccc(F)c2)on1)C1[C@H]2CCC[C@@H]12. The normalized spacial score (nSPS) is 26.4. The first-order chi connectivity index (χ1) is 10.2.